The van der Waals surface area contributed by atoms with Crippen LogP contribution in [0.5, 0.6) is 11.8 Å². The summed E-state index contributed by atoms with van der Waals surface area (Å²) in [5.74, 6) is 0.344. The second-order valence-electron chi connectivity index (χ2n) is 6.32. The number of halogens is 3. The summed E-state index contributed by atoms with van der Waals surface area (Å²) >= 11 is 0. The van der Waals surface area contributed by atoms with Crippen LogP contribution in [0, 0.1) is 0 Å². The SMILES string of the molecule is CNc1cccc(-c2cc(NCCc3ccc(OC(F)(F)F)cc3)nc(OC)n2)c1. The van der Waals surface area contributed by atoms with Gasteiger partial charge in [0.25, 0.3) is 0 Å². The molecule has 0 aliphatic rings. The van der Waals surface area contributed by atoms with Crippen LogP contribution in [0.15, 0.2) is 54.6 Å². The van der Waals surface area contributed by atoms with Gasteiger partial charge in [0.2, 0.25) is 0 Å². The Hall–Kier alpha value is -3.49. The van der Waals surface area contributed by atoms with Crippen molar-refractivity contribution < 1.29 is 22.6 Å². The van der Waals surface area contributed by atoms with Crippen LogP contribution in [0.4, 0.5) is 24.7 Å². The van der Waals surface area contributed by atoms with E-state index in [-0.39, 0.29) is 11.8 Å². The molecule has 0 aliphatic heterocycles. The van der Waals surface area contributed by atoms with Crippen LogP contribution >= 0.6 is 0 Å². The van der Waals surface area contributed by atoms with E-state index in [0.29, 0.717) is 24.5 Å². The van der Waals surface area contributed by atoms with Gasteiger partial charge < -0.3 is 20.1 Å². The lowest BCUT2D eigenvalue weighted by Gasteiger charge is -2.11. The van der Waals surface area contributed by atoms with Crippen LogP contribution in [0.2, 0.25) is 0 Å². The minimum absolute atomic E-state index is 0.235. The molecular formula is C21H21F3N4O2. The van der Waals surface area contributed by atoms with Crippen molar-refractivity contribution in [2.45, 2.75) is 12.8 Å². The summed E-state index contributed by atoms with van der Waals surface area (Å²) in [6.07, 6.45) is -4.11. The fourth-order valence-electron chi connectivity index (χ4n) is 2.78. The van der Waals surface area contributed by atoms with Crippen molar-refractivity contribution in [3.8, 4) is 23.0 Å². The zero-order valence-corrected chi connectivity index (χ0v) is 16.5. The van der Waals surface area contributed by atoms with Gasteiger partial charge in [0.15, 0.2) is 0 Å². The lowest BCUT2D eigenvalue weighted by Crippen LogP contribution is -2.17. The van der Waals surface area contributed by atoms with E-state index in [1.807, 2.05) is 37.4 Å². The Morgan fingerprint density at radius 2 is 1.77 bits per heavy atom. The second kappa shape index (κ2) is 9.34. The van der Waals surface area contributed by atoms with Crippen molar-refractivity contribution in [1.82, 2.24) is 9.97 Å². The third-order valence-electron chi connectivity index (χ3n) is 4.21. The Morgan fingerprint density at radius 3 is 2.43 bits per heavy atom. The number of alkyl halides is 3. The number of methoxy groups -OCH3 is 1. The molecule has 6 nitrogen and oxygen atoms in total. The lowest BCUT2D eigenvalue weighted by atomic mass is 10.1. The summed E-state index contributed by atoms with van der Waals surface area (Å²) in [6.45, 7) is 0.523. The summed E-state index contributed by atoms with van der Waals surface area (Å²) in [6, 6.07) is 15.6. The van der Waals surface area contributed by atoms with Gasteiger partial charge in [0, 0.05) is 30.9 Å². The number of aromatic nitrogens is 2. The van der Waals surface area contributed by atoms with Crippen LogP contribution < -0.4 is 20.1 Å². The van der Waals surface area contributed by atoms with E-state index >= 15 is 0 Å². The van der Waals surface area contributed by atoms with Crippen molar-refractivity contribution in [2.24, 2.45) is 0 Å². The van der Waals surface area contributed by atoms with Crippen LogP contribution in [-0.4, -0.2) is 37.0 Å². The topological polar surface area (TPSA) is 68.3 Å². The van der Waals surface area contributed by atoms with Gasteiger partial charge in [-0.25, -0.2) is 0 Å². The highest BCUT2D eigenvalue weighted by atomic mass is 19.4. The fourth-order valence-corrected chi connectivity index (χ4v) is 2.78. The van der Waals surface area contributed by atoms with E-state index in [1.165, 1.54) is 19.2 Å². The first-order chi connectivity index (χ1) is 14.4. The van der Waals surface area contributed by atoms with Crippen LogP contribution in [0.3, 0.4) is 0 Å². The molecule has 1 aromatic heterocycles. The van der Waals surface area contributed by atoms with Gasteiger partial charge in [-0.05, 0) is 36.2 Å². The molecule has 30 heavy (non-hydrogen) atoms. The molecule has 3 aromatic rings. The maximum absolute atomic E-state index is 12.2. The molecule has 2 aromatic carbocycles. The normalized spacial score (nSPS) is 11.1. The summed E-state index contributed by atoms with van der Waals surface area (Å²) in [5, 5.41) is 6.29. The highest BCUT2D eigenvalue weighted by Crippen LogP contribution is 2.25. The number of nitrogens with one attached hydrogen (secondary N) is 2. The molecule has 3 rings (SSSR count). The van der Waals surface area contributed by atoms with Crippen LogP contribution in [-0.2, 0) is 6.42 Å². The third-order valence-corrected chi connectivity index (χ3v) is 4.21. The molecule has 0 saturated carbocycles. The molecule has 158 valence electrons. The number of benzene rings is 2. The van der Waals surface area contributed by atoms with Crippen molar-refractivity contribution in [1.29, 1.82) is 0 Å². The van der Waals surface area contributed by atoms with E-state index in [1.54, 1.807) is 12.1 Å². The second-order valence-corrected chi connectivity index (χ2v) is 6.32. The molecule has 0 aliphatic carbocycles. The molecule has 1 heterocycles. The van der Waals surface area contributed by atoms with E-state index in [9.17, 15) is 13.2 Å². The quantitative estimate of drug-likeness (QED) is 0.551. The number of hydrogen-bond donors (Lipinski definition) is 2. The minimum atomic E-state index is -4.69. The van der Waals surface area contributed by atoms with E-state index < -0.39 is 6.36 Å². The first-order valence-electron chi connectivity index (χ1n) is 9.16. The van der Waals surface area contributed by atoms with Crippen molar-refractivity contribution >= 4 is 11.5 Å². The molecular weight excluding hydrogens is 397 g/mol. The Morgan fingerprint density at radius 1 is 1.00 bits per heavy atom. The van der Waals surface area contributed by atoms with E-state index in [4.69, 9.17) is 4.74 Å². The van der Waals surface area contributed by atoms with Crippen molar-refractivity contribution in [2.75, 3.05) is 31.3 Å². The highest BCUT2D eigenvalue weighted by molar-refractivity contribution is 5.67. The molecule has 0 spiro atoms. The number of hydrogen-bond acceptors (Lipinski definition) is 6. The first-order valence-corrected chi connectivity index (χ1v) is 9.16. The predicted molar refractivity (Wildman–Crippen MR) is 109 cm³/mol. The Kier molecular flexibility index (Phi) is 6.61. The average Bonchev–Trinajstić information content (AvgIpc) is 2.73. The summed E-state index contributed by atoms with van der Waals surface area (Å²) in [5.41, 5.74) is 3.43. The molecule has 0 saturated heterocycles. The van der Waals surface area contributed by atoms with Gasteiger partial charge in [0.05, 0.1) is 12.8 Å². The molecule has 0 atom stereocenters. The monoisotopic (exact) mass is 418 g/mol. The molecule has 9 heteroatoms. The van der Waals surface area contributed by atoms with Crippen molar-refractivity contribution in [3.63, 3.8) is 0 Å². The van der Waals surface area contributed by atoms with E-state index in [0.717, 1.165) is 16.8 Å². The fraction of sp³-hybridized carbons (Fsp3) is 0.238. The number of nitrogens with zero attached hydrogens (tertiary/aromatic N) is 2. The van der Waals surface area contributed by atoms with E-state index in [2.05, 4.69) is 25.3 Å². The standard InChI is InChI=1S/C21H21F3N4O2/c1-25-16-5-3-4-15(12-16)18-13-19(28-20(27-18)29-2)26-11-10-14-6-8-17(9-7-14)30-21(22,23)24/h3-9,12-13,25H,10-11H2,1-2H3,(H,26,27,28). The lowest BCUT2D eigenvalue weighted by molar-refractivity contribution is -0.274. The summed E-state index contributed by atoms with van der Waals surface area (Å²) in [7, 11) is 3.34. The van der Waals surface area contributed by atoms with Gasteiger partial charge >= 0.3 is 12.4 Å². The average molecular weight is 418 g/mol. The molecule has 2 N–H and O–H groups in total. The Labute approximate surface area is 172 Å². The number of ether oxygens (including phenoxy) is 2. The number of anilines is 2. The molecule has 0 bridgehead atoms. The number of rotatable bonds is 8. The zero-order chi connectivity index (χ0) is 21.6. The van der Waals surface area contributed by atoms with Gasteiger partial charge in [0.1, 0.15) is 11.6 Å². The first kappa shape index (κ1) is 21.2. The van der Waals surface area contributed by atoms with Gasteiger partial charge in [-0.1, -0.05) is 24.3 Å². The minimum Gasteiger partial charge on any atom is -0.467 e. The third kappa shape index (κ3) is 6.00. The maximum Gasteiger partial charge on any atom is 0.573 e. The molecule has 0 fully saturated rings. The van der Waals surface area contributed by atoms with Crippen LogP contribution in [0.1, 0.15) is 5.56 Å². The van der Waals surface area contributed by atoms with Gasteiger partial charge in [-0.3, -0.25) is 0 Å². The predicted octanol–water partition coefficient (Wildman–Crippen LogP) is 4.75. The summed E-state index contributed by atoms with van der Waals surface area (Å²) in [4.78, 5) is 8.70. The summed E-state index contributed by atoms with van der Waals surface area (Å²) < 4.78 is 45.8. The molecule has 0 amide bonds. The largest absolute Gasteiger partial charge is 0.573 e. The van der Waals surface area contributed by atoms with Gasteiger partial charge in [-0.15, -0.1) is 13.2 Å². The smallest absolute Gasteiger partial charge is 0.467 e. The Balaban J connectivity index is 1.66. The van der Waals surface area contributed by atoms with Crippen LogP contribution in [0.25, 0.3) is 11.3 Å². The highest BCUT2D eigenvalue weighted by Gasteiger charge is 2.30. The molecule has 0 radical (unpaired) electrons. The van der Waals surface area contributed by atoms with Gasteiger partial charge in [-0.2, -0.15) is 9.97 Å². The maximum atomic E-state index is 12.2. The Bertz CT molecular complexity index is 979. The molecule has 0 unspecified atom stereocenters. The van der Waals surface area contributed by atoms with Crippen molar-refractivity contribution in [3.05, 3.63) is 60.2 Å². The zero-order valence-electron chi connectivity index (χ0n) is 16.5.